The average Bonchev–Trinajstić information content (AvgIpc) is 2.42. The summed E-state index contributed by atoms with van der Waals surface area (Å²) >= 11 is 0. The largest absolute Gasteiger partial charge is 0.349 e. The summed E-state index contributed by atoms with van der Waals surface area (Å²) in [5, 5.41) is 0. The maximum absolute atomic E-state index is 12.6. The smallest absolute Gasteiger partial charge is 0.226 e. The Kier molecular flexibility index (Phi) is 5.02. The summed E-state index contributed by atoms with van der Waals surface area (Å²) in [6, 6.07) is 0.385. The van der Waals surface area contributed by atoms with Gasteiger partial charge < -0.3 is 14.7 Å². The number of carbonyl (C=O) groups excluding carboxylic acids is 2. The van der Waals surface area contributed by atoms with Crippen molar-refractivity contribution in [1.29, 1.82) is 0 Å². The van der Waals surface area contributed by atoms with E-state index in [0.717, 1.165) is 45.3 Å². The van der Waals surface area contributed by atoms with Crippen LogP contribution in [0.5, 0.6) is 0 Å². The molecule has 0 aromatic rings. The Morgan fingerprint density at radius 3 is 2.45 bits per heavy atom. The third kappa shape index (κ3) is 3.51. The van der Waals surface area contributed by atoms with Crippen LogP contribution < -0.4 is 0 Å². The fourth-order valence-electron chi connectivity index (χ4n) is 3.23. The summed E-state index contributed by atoms with van der Waals surface area (Å²) in [7, 11) is 5.64. The first-order valence-corrected chi connectivity index (χ1v) is 7.68. The molecule has 0 unspecified atom stereocenters. The molecular weight excluding hydrogens is 254 g/mol. The summed E-state index contributed by atoms with van der Waals surface area (Å²) in [6.07, 6.45) is 4.40. The second kappa shape index (κ2) is 6.57. The lowest BCUT2D eigenvalue weighted by Gasteiger charge is -2.41. The molecule has 1 atom stereocenters. The number of likely N-dealkylation sites (tertiary alicyclic amines) is 2. The Morgan fingerprint density at radius 1 is 1.20 bits per heavy atom. The number of hydrogen-bond acceptors (Lipinski definition) is 3. The van der Waals surface area contributed by atoms with Gasteiger partial charge in [0.15, 0.2) is 0 Å². The van der Waals surface area contributed by atoms with Crippen molar-refractivity contribution in [2.24, 2.45) is 5.92 Å². The van der Waals surface area contributed by atoms with Gasteiger partial charge in [-0.15, -0.1) is 0 Å². The molecule has 20 heavy (non-hydrogen) atoms. The summed E-state index contributed by atoms with van der Waals surface area (Å²) in [5.74, 6) is 0.174. The van der Waals surface area contributed by atoms with Crippen LogP contribution in [-0.4, -0.2) is 73.3 Å². The minimum atomic E-state index is -0.0988. The minimum Gasteiger partial charge on any atom is -0.349 e. The lowest BCUT2D eigenvalue weighted by atomic mass is 9.90. The topological polar surface area (TPSA) is 43.9 Å². The first-order valence-electron chi connectivity index (χ1n) is 7.68. The van der Waals surface area contributed by atoms with Gasteiger partial charge in [-0.3, -0.25) is 9.59 Å². The average molecular weight is 281 g/mol. The van der Waals surface area contributed by atoms with Crippen molar-refractivity contribution in [3.8, 4) is 0 Å². The van der Waals surface area contributed by atoms with Crippen LogP contribution in [0.15, 0.2) is 0 Å². The predicted octanol–water partition coefficient (Wildman–Crippen LogP) is 0.798. The first kappa shape index (κ1) is 15.3. The molecule has 0 saturated carbocycles. The maximum Gasteiger partial charge on any atom is 0.226 e. The maximum atomic E-state index is 12.6. The van der Waals surface area contributed by atoms with Gasteiger partial charge in [-0.05, 0) is 45.8 Å². The van der Waals surface area contributed by atoms with E-state index in [9.17, 15) is 9.59 Å². The minimum absolute atomic E-state index is 0.0635. The fraction of sp³-hybridized carbons (Fsp3) is 0.867. The highest BCUT2D eigenvalue weighted by molar-refractivity contribution is 5.86. The SMILES string of the molecule is CN1CCC(N2CCC[C@H](CC(=O)N(C)C)C2=O)CC1. The van der Waals surface area contributed by atoms with Crippen LogP contribution >= 0.6 is 0 Å². The lowest BCUT2D eigenvalue weighted by molar-refractivity contribution is -0.146. The third-order valence-electron chi connectivity index (χ3n) is 4.63. The number of amides is 2. The van der Waals surface area contributed by atoms with Gasteiger partial charge in [0.05, 0.1) is 0 Å². The quantitative estimate of drug-likeness (QED) is 0.768. The van der Waals surface area contributed by atoms with Gasteiger partial charge in [-0.25, -0.2) is 0 Å². The zero-order valence-corrected chi connectivity index (χ0v) is 13.0. The molecule has 0 aromatic heterocycles. The second-order valence-corrected chi connectivity index (χ2v) is 6.40. The molecule has 0 aromatic carbocycles. The Labute approximate surface area is 121 Å². The lowest BCUT2D eigenvalue weighted by Crippen LogP contribution is -2.51. The highest BCUT2D eigenvalue weighted by atomic mass is 16.2. The molecule has 0 radical (unpaired) electrons. The van der Waals surface area contributed by atoms with Crippen LogP contribution in [-0.2, 0) is 9.59 Å². The molecule has 114 valence electrons. The van der Waals surface area contributed by atoms with Crippen molar-refractivity contribution < 1.29 is 9.59 Å². The molecule has 5 heteroatoms. The van der Waals surface area contributed by atoms with Crippen molar-refractivity contribution in [1.82, 2.24) is 14.7 Å². The normalized spacial score (nSPS) is 25.9. The van der Waals surface area contributed by atoms with E-state index < -0.39 is 0 Å². The number of nitrogens with zero attached hydrogens (tertiary/aromatic N) is 3. The molecule has 2 fully saturated rings. The van der Waals surface area contributed by atoms with E-state index in [1.54, 1.807) is 19.0 Å². The predicted molar refractivity (Wildman–Crippen MR) is 78.3 cm³/mol. The zero-order chi connectivity index (χ0) is 14.7. The molecular formula is C15H27N3O2. The van der Waals surface area contributed by atoms with Crippen LogP contribution in [0.1, 0.15) is 32.1 Å². The van der Waals surface area contributed by atoms with Gasteiger partial charge in [-0.1, -0.05) is 0 Å². The molecule has 2 aliphatic heterocycles. The molecule has 2 saturated heterocycles. The molecule has 2 aliphatic rings. The molecule has 0 N–H and O–H groups in total. The van der Waals surface area contributed by atoms with Gasteiger partial charge >= 0.3 is 0 Å². The zero-order valence-electron chi connectivity index (χ0n) is 13.0. The van der Waals surface area contributed by atoms with Gasteiger partial charge in [-0.2, -0.15) is 0 Å². The Morgan fingerprint density at radius 2 is 1.85 bits per heavy atom. The van der Waals surface area contributed by atoms with E-state index in [-0.39, 0.29) is 17.7 Å². The van der Waals surface area contributed by atoms with Gasteiger partial charge in [0.25, 0.3) is 0 Å². The molecule has 0 bridgehead atoms. The molecule has 5 nitrogen and oxygen atoms in total. The van der Waals surface area contributed by atoms with Gasteiger partial charge in [0.2, 0.25) is 11.8 Å². The summed E-state index contributed by atoms with van der Waals surface area (Å²) in [4.78, 5) is 30.4. The molecule has 2 heterocycles. The number of hydrogen-bond donors (Lipinski definition) is 0. The van der Waals surface area contributed by atoms with Crippen molar-refractivity contribution in [2.75, 3.05) is 40.8 Å². The number of rotatable bonds is 3. The van der Waals surface area contributed by atoms with Gasteiger partial charge in [0, 0.05) is 39.0 Å². The summed E-state index contributed by atoms with van der Waals surface area (Å²) < 4.78 is 0. The van der Waals surface area contributed by atoms with E-state index in [1.165, 1.54) is 0 Å². The highest BCUT2D eigenvalue weighted by Gasteiger charge is 2.35. The molecule has 2 amide bonds. The van der Waals surface area contributed by atoms with Gasteiger partial charge in [0.1, 0.15) is 0 Å². The van der Waals surface area contributed by atoms with Crippen LogP contribution in [0, 0.1) is 5.92 Å². The van der Waals surface area contributed by atoms with E-state index >= 15 is 0 Å². The summed E-state index contributed by atoms with van der Waals surface area (Å²) in [6.45, 7) is 3.01. The number of carbonyl (C=O) groups is 2. The van der Waals surface area contributed by atoms with E-state index in [4.69, 9.17) is 0 Å². The van der Waals surface area contributed by atoms with Crippen molar-refractivity contribution in [3.05, 3.63) is 0 Å². The van der Waals surface area contributed by atoms with Crippen LogP contribution in [0.2, 0.25) is 0 Å². The third-order valence-corrected chi connectivity index (χ3v) is 4.63. The summed E-state index contributed by atoms with van der Waals surface area (Å²) in [5.41, 5.74) is 0. The van der Waals surface area contributed by atoms with Crippen molar-refractivity contribution in [2.45, 2.75) is 38.1 Å². The Balaban J connectivity index is 1.94. The van der Waals surface area contributed by atoms with E-state index in [0.29, 0.717) is 12.5 Å². The second-order valence-electron chi connectivity index (χ2n) is 6.40. The highest BCUT2D eigenvalue weighted by Crippen LogP contribution is 2.26. The first-order chi connectivity index (χ1) is 9.49. The molecule has 2 rings (SSSR count). The Bertz CT molecular complexity index is 362. The van der Waals surface area contributed by atoms with Crippen molar-refractivity contribution >= 4 is 11.8 Å². The van der Waals surface area contributed by atoms with E-state index in [1.807, 2.05) is 0 Å². The number of piperidine rings is 2. The molecule has 0 aliphatic carbocycles. The monoisotopic (exact) mass is 281 g/mol. The van der Waals surface area contributed by atoms with Crippen LogP contribution in [0.3, 0.4) is 0 Å². The molecule has 0 spiro atoms. The van der Waals surface area contributed by atoms with E-state index in [2.05, 4.69) is 16.8 Å². The van der Waals surface area contributed by atoms with Crippen molar-refractivity contribution in [3.63, 3.8) is 0 Å². The van der Waals surface area contributed by atoms with Crippen LogP contribution in [0.25, 0.3) is 0 Å². The fourth-order valence-corrected chi connectivity index (χ4v) is 3.23. The standard InChI is InChI=1S/C15H27N3O2/c1-16(2)14(19)11-12-5-4-8-18(15(12)20)13-6-9-17(3)10-7-13/h12-13H,4-11H2,1-3H3/t12-/m1/s1. The van der Waals surface area contributed by atoms with Crippen LogP contribution in [0.4, 0.5) is 0 Å². The Hall–Kier alpha value is -1.10.